The summed E-state index contributed by atoms with van der Waals surface area (Å²) in [6.45, 7) is 7.37. The highest BCUT2D eigenvalue weighted by molar-refractivity contribution is 7.89. The molecular weight excluding hydrogens is 404 g/mol. The highest BCUT2D eigenvalue weighted by Crippen LogP contribution is 2.21. The summed E-state index contributed by atoms with van der Waals surface area (Å²) < 4.78 is 37.9. The molecule has 8 heteroatoms. The van der Waals surface area contributed by atoms with E-state index in [-0.39, 0.29) is 10.8 Å². The van der Waals surface area contributed by atoms with Gasteiger partial charge in [-0.05, 0) is 67.8 Å². The first-order valence-electron chi connectivity index (χ1n) is 10.0. The molecule has 1 atom stereocenters. The van der Waals surface area contributed by atoms with Crippen LogP contribution in [0.25, 0.3) is 0 Å². The Morgan fingerprint density at radius 3 is 2.37 bits per heavy atom. The second-order valence-electron chi connectivity index (χ2n) is 7.29. The quantitative estimate of drug-likeness (QED) is 0.727. The molecular formula is C22H28N2O5S. The van der Waals surface area contributed by atoms with Crippen molar-refractivity contribution in [2.45, 2.75) is 38.2 Å². The molecule has 1 N–H and O–H groups in total. The van der Waals surface area contributed by atoms with E-state index in [0.29, 0.717) is 44.2 Å². The van der Waals surface area contributed by atoms with Gasteiger partial charge >= 0.3 is 0 Å². The first-order valence-corrected chi connectivity index (χ1v) is 11.5. The van der Waals surface area contributed by atoms with Crippen LogP contribution in [-0.4, -0.2) is 51.0 Å². The Bertz CT molecular complexity index is 983. The lowest BCUT2D eigenvalue weighted by atomic mass is 10.1. The molecule has 1 aliphatic heterocycles. The van der Waals surface area contributed by atoms with Crippen molar-refractivity contribution in [2.75, 3.05) is 31.6 Å². The third-order valence-electron chi connectivity index (χ3n) is 5.15. The molecule has 2 aromatic carbocycles. The standard InChI is InChI=1S/C22H28N2O5S/c1-4-21(29-19-8-5-16(2)17(3)15-19)22(25)23-18-6-9-20(10-7-18)30(26,27)24-11-13-28-14-12-24/h5-10,15,21H,4,11-14H2,1-3H3,(H,23,25)/t21-/m0/s1. The van der Waals surface area contributed by atoms with Gasteiger partial charge in [0.25, 0.3) is 5.91 Å². The Morgan fingerprint density at radius 1 is 1.10 bits per heavy atom. The number of morpholine rings is 1. The summed E-state index contributed by atoms with van der Waals surface area (Å²) in [6.07, 6.45) is -0.147. The minimum atomic E-state index is -3.56. The Balaban J connectivity index is 1.66. The van der Waals surface area contributed by atoms with E-state index in [2.05, 4.69) is 5.32 Å². The van der Waals surface area contributed by atoms with Crippen molar-refractivity contribution in [3.8, 4) is 5.75 Å². The fourth-order valence-electron chi connectivity index (χ4n) is 3.14. The van der Waals surface area contributed by atoms with E-state index in [4.69, 9.17) is 9.47 Å². The van der Waals surface area contributed by atoms with Crippen LogP contribution in [0.1, 0.15) is 24.5 Å². The molecule has 0 saturated carbocycles. The first kappa shape index (κ1) is 22.3. The third-order valence-corrected chi connectivity index (χ3v) is 7.06. The Morgan fingerprint density at radius 2 is 1.77 bits per heavy atom. The number of anilines is 1. The Labute approximate surface area is 178 Å². The van der Waals surface area contributed by atoms with Crippen molar-refractivity contribution in [2.24, 2.45) is 0 Å². The van der Waals surface area contributed by atoms with Crippen LogP contribution in [0.2, 0.25) is 0 Å². The smallest absolute Gasteiger partial charge is 0.265 e. The molecule has 1 aliphatic rings. The average Bonchev–Trinajstić information content (AvgIpc) is 2.75. The number of hydrogen-bond acceptors (Lipinski definition) is 5. The van der Waals surface area contributed by atoms with E-state index in [1.54, 1.807) is 12.1 Å². The predicted molar refractivity (Wildman–Crippen MR) is 115 cm³/mol. The number of carbonyl (C=O) groups excluding carboxylic acids is 1. The summed E-state index contributed by atoms with van der Waals surface area (Å²) in [4.78, 5) is 12.8. The highest BCUT2D eigenvalue weighted by atomic mass is 32.2. The number of carbonyl (C=O) groups is 1. The predicted octanol–water partition coefficient (Wildman–Crippen LogP) is 3.12. The lowest BCUT2D eigenvalue weighted by Gasteiger charge is -2.26. The number of sulfonamides is 1. The Hall–Kier alpha value is -2.42. The molecule has 0 unspecified atom stereocenters. The van der Waals surface area contributed by atoms with Gasteiger partial charge in [0.05, 0.1) is 18.1 Å². The minimum Gasteiger partial charge on any atom is -0.481 e. The van der Waals surface area contributed by atoms with Crippen LogP contribution in [0.4, 0.5) is 5.69 Å². The number of nitrogens with one attached hydrogen (secondary N) is 1. The molecule has 0 aliphatic carbocycles. The molecule has 0 bridgehead atoms. The fourth-order valence-corrected chi connectivity index (χ4v) is 4.55. The maximum Gasteiger partial charge on any atom is 0.265 e. The van der Waals surface area contributed by atoms with E-state index >= 15 is 0 Å². The van der Waals surface area contributed by atoms with Crippen LogP contribution in [-0.2, 0) is 19.6 Å². The van der Waals surface area contributed by atoms with Crippen LogP contribution in [0, 0.1) is 13.8 Å². The van der Waals surface area contributed by atoms with Crippen LogP contribution < -0.4 is 10.1 Å². The lowest BCUT2D eigenvalue weighted by molar-refractivity contribution is -0.122. The van der Waals surface area contributed by atoms with E-state index in [0.717, 1.165) is 11.1 Å². The number of benzene rings is 2. The molecule has 162 valence electrons. The first-order chi connectivity index (χ1) is 14.3. The van der Waals surface area contributed by atoms with Gasteiger partial charge in [-0.3, -0.25) is 4.79 Å². The molecule has 0 spiro atoms. The van der Waals surface area contributed by atoms with Crippen molar-refractivity contribution in [3.63, 3.8) is 0 Å². The molecule has 0 radical (unpaired) electrons. The summed E-state index contributed by atoms with van der Waals surface area (Å²) in [5.41, 5.74) is 2.77. The van der Waals surface area contributed by atoms with Crippen LogP contribution in [0.3, 0.4) is 0 Å². The largest absolute Gasteiger partial charge is 0.481 e. The number of nitrogens with zero attached hydrogens (tertiary/aromatic N) is 1. The van der Waals surface area contributed by atoms with Gasteiger partial charge in [-0.25, -0.2) is 8.42 Å². The maximum absolute atomic E-state index is 12.7. The molecule has 1 heterocycles. The Kier molecular flexibility index (Phi) is 7.12. The number of amides is 1. The van der Waals surface area contributed by atoms with E-state index in [1.165, 1.54) is 16.4 Å². The normalized spacial score (nSPS) is 16.1. The van der Waals surface area contributed by atoms with Gasteiger partial charge in [0.15, 0.2) is 6.10 Å². The zero-order valence-corrected chi connectivity index (χ0v) is 18.4. The van der Waals surface area contributed by atoms with Crippen molar-refractivity contribution >= 4 is 21.6 Å². The highest BCUT2D eigenvalue weighted by Gasteiger charge is 2.26. The van der Waals surface area contributed by atoms with Crippen molar-refractivity contribution in [1.82, 2.24) is 4.31 Å². The van der Waals surface area contributed by atoms with Crippen LogP contribution >= 0.6 is 0 Å². The van der Waals surface area contributed by atoms with Crippen LogP contribution in [0.5, 0.6) is 5.75 Å². The lowest BCUT2D eigenvalue weighted by Crippen LogP contribution is -2.40. The number of aryl methyl sites for hydroxylation is 2. The second-order valence-corrected chi connectivity index (χ2v) is 9.23. The van der Waals surface area contributed by atoms with E-state index in [9.17, 15) is 13.2 Å². The summed E-state index contributed by atoms with van der Waals surface area (Å²) in [5, 5.41) is 2.81. The molecule has 1 saturated heterocycles. The summed E-state index contributed by atoms with van der Waals surface area (Å²) in [7, 11) is -3.56. The monoisotopic (exact) mass is 432 g/mol. The van der Waals surface area contributed by atoms with Gasteiger partial charge in [0.2, 0.25) is 10.0 Å². The zero-order valence-electron chi connectivity index (χ0n) is 17.6. The average molecular weight is 433 g/mol. The van der Waals surface area contributed by atoms with Gasteiger partial charge in [0.1, 0.15) is 5.75 Å². The van der Waals surface area contributed by atoms with Gasteiger partial charge in [0, 0.05) is 18.8 Å². The second kappa shape index (κ2) is 9.59. The minimum absolute atomic E-state index is 0.195. The van der Waals surface area contributed by atoms with Gasteiger partial charge in [-0.15, -0.1) is 0 Å². The van der Waals surface area contributed by atoms with Crippen LogP contribution in [0.15, 0.2) is 47.4 Å². The molecule has 7 nitrogen and oxygen atoms in total. The summed E-state index contributed by atoms with van der Waals surface area (Å²) in [5.74, 6) is 0.367. The van der Waals surface area contributed by atoms with Crippen molar-refractivity contribution in [3.05, 3.63) is 53.6 Å². The summed E-state index contributed by atoms with van der Waals surface area (Å²) >= 11 is 0. The fraction of sp³-hybridized carbons (Fsp3) is 0.409. The van der Waals surface area contributed by atoms with E-state index < -0.39 is 16.1 Å². The molecule has 1 amide bonds. The van der Waals surface area contributed by atoms with Gasteiger partial charge < -0.3 is 14.8 Å². The topological polar surface area (TPSA) is 84.9 Å². The zero-order chi connectivity index (χ0) is 21.7. The van der Waals surface area contributed by atoms with Crippen molar-refractivity contribution in [1.29, 1.82) is 0 Å². The third kappa shape index (κ3) is 5.19. The van der Waals surface area contributed by atoms with Crippen molar-refractivity contribution < 1.29 is 22.7 Å². The number of ether oxygens (including phenoxy) is 2. The van der Waals surface area contributed by atoms with Gasteiger partial charge in [-0.2, -0.15) is 4.31 Å². The summed E-state index contributed by atoms with van der Waals surface area (Å²) in [6, 6.07) is 11.9. The number of rotatable bonds is 7. The maximum atomic E-state index is 12.7. The molecule has 1 fully saturated rings. The number of hydrogen-bond donors (Lipinski definition) is 1. The molecule has 30 heavy (non-hydrogen) atoms. The SMILES string of the molecule is CC[C@H](Oc1ccc(C)c(C)c1)C(=O)Nc1ccc(S(=O)(=O)N2CCOCC2)cc1. The van der Waals surface area contributed by atoms with E-state index in [1.807, 2.05) is 39.0 Å². The van der Waals surface area contributed by atoms with Gasteiger partial charge in [-0.1, -0.05) is 13.0 Å². The molecule has 0 aromatic heterocycles. The molecule has 3 rings (SSSR count). The molecule has 2 aromatic rings.